The van der Waals surface area contributed by atoms with Gasteiger partial charge < -0.3 is 4.90 Å². The third kappa shape index (κ3) is 6.35. The third-order valence-electron chi connectivity index (χ3n) is 2.85. The number of hydrogen-bond donors (Lipinski definition) is 0. The van der Waals surface area contributed by atoms with Crippen molar-refractivity contribution >= 4 is 15.9 Å². The second-order valence-corrected chi connectivity index (χ2v) is 6.83. The highest BCUT2D eigenvalue weighted by atomic mass is 32.2. The minimum absolute atomic E-state index is 0.0484. The monoisotopic (exact) mass is 278 g/mol. The van der Waals surface area contributed by atoms with Crippen molar-refractivity contribution in [2.24, 2.45) is 5.92 Å². The smallest absolute Gasteiger partial charge is 0.237 e. The van der Waals surface area contributed by atoms with Crippen LogP contribution in [0.25, 0.3) is 0 Å². The van der Waals surface area contributed by atoms with Gasteiger partial charge in [-0.25, -0.2) is 8.42 Å². The summed E-state index contributed by atoms with van der Waals surface area (Å²) in [7, 11) is -3.32. The maximum absolute atomic E-state index is 11.9. The quantitative estimate of drug-likeness (QED) is 0.669. The van der Waals surface area contributed by atoms with E-state index in [0.29, 0.717) is 25.6 Å². The zero-order valence-electron chi connectivity index (χ0n) is 12.1. The minimum atomic E-state index is -3.32. The number of rotatable bonds is 8. The standard InChI is InChI=1S/C12H26N2O3S/c1-6-13(7-2)12(15)10-14(18(5,16)17)9-8-11(3)4/h11H,6-10H2,1-5H3. The molecular weight excluding hydrogens is 252 g/mol. The molecule has 0 aliphatic heterocycles. The van der Waals surface area contributed by atoms with E-state index >= 15 is 0 Å². The lowest BCUT2D eigenvalue weighted by atomic mass is 10.1. The number of carbonyl (C=O) groups is 1. The van der Waals surface area contributed by atoms with Crippen LogP contribution in [0.5, 0.6) is 0 Å². The molecule has 0 bridgehead atoms. The molecule has 0 spiro atoms. The van der Waals surface area contributed by atoms with E-state index in [1.807, 2.05) is 27.7 Å². The Hall–Kier alpha value is -0.620. The Kier molecular flexibility index (Phi) is 7.47. The number of nitrogens with zero attached hydrogens (tertiary/aromatic N) is 2. The van der Waals surface area contributed by atoms with Crippen molar-refractivity contribution in [2.75, 3.05) is 32.4 Å². The van der Waals surface area contributed by atoms with Gasteiger partial charge in [0, 0.05) is 19.6 Å². The van der Waals surface area contributed by atoms with E-state index in [2.05, 4.69) is 0 Å². The second-order valence-electron chi connectivity index (χ2n) is 4.85. The summed E-state index contributed by atoms with van der Waals surface area (Å²) in [6, 6.07) is 0. The van der Waals surface area contributed by atoms with Crippen LogP contribution in [0.2, 0.25) is 0 Å². The Morgan fingerprint density at radius 2 is 1.67 bits per heavy atom. The van der Waals surface area contributed by atoms with E-state index in [4.69, 9.17) is 0 Å². The van der Waals surface area contributed by atoms with Crippen LogP contribution in [-0.4, -0.2) is 56.0 Å². The first-order valence-electron chi connectivity index (χ1n) is 6.45. The summed E-state index contributed by atoms with van der Waals surface area (Å²) in [4.78, 5) is 13.6. The van der Waals surface area contributed by atoms with Gasteiger partial charge in [-0.3, -0.25) is 4.79 Å². The molecule has 0 saturated heterocycles. The fraction of sp³-hybridized carbons (Fsp3) is 0.917. The molecule has 1 amide bonds. The average molecular weight is 278 g/mol. The van der Waals surface area contributed by atoms with Crippen molar-refractivity contribution in [1.29, 1.82) is 0 Å². The normalized spacial score (nSPS) is 12.2. The molecule has 0 radical (unpaired) electrons. The Balaban J connectivity index is 4.65. The average Bonchev–Trinajstić information content (AvgIpc) is 2.23. The first-order chi connectivity index (χ1) is 8.22. The van der Waals surface area contributed by atoms with E-state index in [1.54, 1.807) is 4.90 Å². The van der Waals surface area contributed by atoms with Crippen molar-refractivity contribution in [1.82, 2.24) is 9.21 Å². The number of likely N-dealkylation sites (N-methyl/N-ethyl adjacent to an activating group) is 1. The van der Waals surface area contributed by atoms with E-state index in [1.165, 1.54) is 4.31 Å². The summed E-state index contributed by atoms with van der Waals surface area (Å²) in [6.07, 6.45) is 1.92. The Bertz CT molecular complexity index is 348. The largest absolute Gasteiger partial charge is 0.342 e. The van der Waals surface area contributed by atoms with Crippen LogP contribution in [0, 0.1) is 5.92 Å². The number of carbonyl (C=O) groups excluding carboxylic acids is 1. The Morgan fingerprint density at radius 3 is 2.00 bits per heavy atom. The van der Waals surface area contributed by atoms with Gasteiger partial charge in [-0.15, -0.1) is 0 Å². The van der Waals surface area contributed by atoms with Gasteiger partial charge in [0.25, 0.3) is 0 Å². The predicted octanol–water partition coefficient (Wildman–Crippen LogP) is 1.16. The fourth-order valence-corrected chi connectivity index (χ4v) is 2.37. The van der Waals surface area contributed by atoms with Crippen LogP contribution in [0.4, 0.5) is 0 Å². The van der Waals surface area contributed by atoms with Gasteiger partial charge in [-0.2, -0.15) is 4.31 Å². The molecule has 0 aliphatic rings. The highest BCUT2D eigenvalue weighted by molar-refractivity contribution is 7.88. The minimum Gasteiger partial charge on any atom is -0.342 e. The Morgan fingerprint density at radius 1 is 1.17 bits per heavy atom. The fourth-order valence-electron chi connectivity index (χ4n) is 1.59. The molecule has 5 nitrogen and oxygen atoms in total. The molecule has 0 heterocycles. The molecule has 0 rings (SSSR count). The van der Waals surface area contributed by atoms with Gasteiger partial charge in [-0.1, -0.05) is 13.8 Å². The van der Waals surface area contributed by atoms with Crippen molar-refractivity contribution in [3.05, 3.63) is 0 Å². The van der Waals surface area contributed by atoms with Crippen LogP contribution in [0.15, 0.2) is 0 Å². The number of hydrogen-bond acceptors (Lipinski definition) is 3. The topological polar surface area (TPSA) is 57.7 Å². The van der Waals surface area contributed by atoms with Crippen LogP contribution >= 0.6 is 0 Å². The number of amides is 1. The van der Waals surface area contributed by atoms with Gasteiger partial charge in [0.05, 0.1) is 12.8 Å². The maximum Gasteiger partial charge on any atom is 0.237 e. The van der Waals surface area contributed by atoms with E-state index in [9.17, 15) is 13.2 Å². The van der Waals surface area contributed by atoms with Crippen molar-refractivity contribution in [3.63, 3.8) is 0 Å². The molecule has 0 fully saturated rings. The second kappa shape index (κ2) is 7.74. The summed E-state index contributed by atoms with van der Waals surface area (Å²) >= 11 is 0. The van der Waals surface area contributed by atoms with Gasteiger partial charge >= 0.3 is 0 Å². The molecule has 0 aromatic heterocycles. The number of sulfonamides is 1. The zero-order valence-corrected chi connectivity index (χ0v) is 13.0. The highest BCUT2D eigenvalue weighted by Gasteiger charge is 2.22. The Labute approximate surface area is 111 Å². The molecule has 0 atom stereocenters. The SMILES string of the molecule is CCN(CC)C(=O)CN(CCC(C)C)S(C)(=O)=O. The highest BCUT2D eigenvalue weighted by Crippen LogP contribution is 2.06. The van der Waals surface area contributed by atoms with Gasteiger partial charge in [0.2, 0.25) is 15.9 Å². The van der Waals surface area contributed by atoms with Crippen molar-refractivity contribution < 1.29 is 13.2 Å². The summed E-state index contributed by atoms with van der Waals surface area (Å²) in [5.74, 6) is 0.284. The molecule has 0 unspecified atom stereocenters. The predicted molar refractivity (Wildman–Crippen MR) is 73.8 cm³/mol. The molecule has 0 N–H and O–H groups in total. The lowest BCUT2D eigenvalue weighted by Gasteiger charge is -2.24. The lowest BCUT2D eigenvalue weighted by Crippen LogP contribution is -2.43. The van der Waals surface area contributed by atoms with E-state index in [0.717, 1.165) is 12.7 Å². The molecule has 0 aromatic rings. The molecule has 6 heteroatoms. The van der Waals surface area contributed by atoms with Crippen molar-refractivity contribution in [2.45, 2.75) is 34.1 Å². The summed E-state index contributed by atoms with van der Waals surface area (Å²) in [6.45, 7) is 9.42. The molecule has 0 aliphatic carbocycles. The third-order valence-corrected chi connectivity index (χ3v) is 4.10. The van der Waals surface area contributed by atoms with Gasteiger partial charge in [0.1, 0.15) is 0 Å². The van der Waals surface area contributed by atoms with Crippen LogP contribution in [0.1, 0.15) is 34.1 Å². The molecular formula is C12H26N2O3S. The van der Waals surface area contributed by atoms with Crippen LogP contribution < -0.4 is 0 Å². The first-order valence-corrected chi connectivity index (χ1v) is 8.30. The molecule has 0 saturated carbocycles. The van der Waals surface area contributed by atoms with Crippen LogP contribution in [-0.2, 0) is 14.8 Å². The van der Waals surface area contributed by atoms with Gasteiger partial charge in [0.15, 0.2) is 0 Å². The molecule has 108 valence electrons. The molecule has 0 aromatic carbocycles. The lowest BCUT2D eigenvalue weighted by molar-refractivity contribution is -0.131. The van der Waals surface area contributed by atoms with Crippen molar-refractivity contribution in [3.8, 4) is 0 Å². The van der Waals surface area contributed by atoms with Crippen LogP contribution in [0.3, 0.4) is 0 Å². The molecule has 18 heavy (non-hydrogen) atoms. The first kappa shape index (κ1) is 17.4. The van der Waals surface area contributed by atoms with E-state index in [-0.39, 0.29) is 12.5 Å². The summed E-state index contributed by atoms with van der Waals surface area (Å²) in [5, 5.41) is 0. The summed E-state index contributed by atoms with van der Waals surface area (Å²) in [5.41, 5.74) is 0. The maximum atomic E-state index is 11.9. The zero-order chi connectivity index (χ0) is 14.3. The van der Waals surface area contributed by atoms with E-state index < -0.39 is 10.0 Å². The van der Waals surface area contributed by atoms with Gasteiger partial charge in [-0.05, 0) is 26.2 Å². The summed E-state index contributed by atoms with van der Waals surface area (Å²) < 4.78 is 24.5.